The van der Waals surface area contributed by atoms with Gasteiger partial charge in [0.05, 0.1) is 18.7 Å². The predicted molar refractivity (Wildman–Crippen MR) is 129 cm³/mol. The van der Waals surface area contributed by atoms with Gasteiger partial charge >= 0.3 is 0 Å². The fraction of sp³-hybridized carbons (Fsp3) is 0.214. The van der Waals surface area contributed by atoms with Gasteiger partial charge in [-0.1, -0.05) is 42.5 Å². The molecule has 0 saturated carbocycles. The van der Waals surface area contributed by atoms with Crippen molar-refractivity contribution >= 4 is 17.4 Å². The Bertz CT molecular complexity index is 1440. The van der Waals surface area contributed by atoms with Crippen molar-refractivity contribution in [2.24, 2.45) is 0 Å². The highest BCUT2D eigenvalue weighted by atomic mass is 16.5. The third-order valence-corrected chi connectivity index (χ3v) is 7.25. The second-order valence-electron chi connectivity index (χ2n) is 9.25. The first-order valence-electron chi connectivity index (χ1n) is 11.5. The van der Waals surface area contributed by atoms with Crippen molar-refractivity contribution in [2.45, 2.75) is 24.6 Å². The number of hydrogen-bond acceptors (Lipinski definition) is 6. The topological polar surface area (TPSA) is 99.1 Å². The van der Waals surface area contributed by atoms with Gasteiger partial charge in [0.1, 0.15) is 11.5 Å². The molecule has 0 bridgehead atoms. The van der Waals surface area contributed by atoms with Gasteiger partial charge in [0.2, 0.25) is 0 Å². The Morgan fingerprint density at radius 1 is 1.00 bits per heavy atom. The van der Waals surface area contributed by atoms with Crippen LogP contribution in [0.15, 0.2) is 72.3 Å². The number of ether oxygens (including phenoxy) is 1. The van der Waals surface area contributed by atoms with Crippen molar-refractivity contribution in [1.82, 2.24) is 10.2 Å². The molecule has 0 aromatic heterocycles. The third kappa shape index (κ3) is 2.82. The Hall–Kier alpha value is -4.10. The number of phenols is 1. The van der Waals surface area contributed by atoms with E-state index < -0.39 is 11.6 Å². The van der Waals surface area contributed by atoms with Crippen LogP contribution in [0.2, 0.25) is 0 Å². The minimum Gasteiger partial charge on any atom is -0.508 e. The lowest BCUT2D eigenvalue weighted by Crippen LogP contribution is -2.54. The Balaban J connectivity index is 1.72. The molecule has 2 heterocycles. The normalized spacial score (nSPS) is 24.7. The lowest BCUT2D eigenvalue weighted by Gasteiger charge is -2.44. The molecule has 2 aliphatic heterocycles. The zero-order valence-electron chi connectivity index (χ0n) is 19.3. The highest BCUT2D eigenvalue weighted by molar-refractivity contribution is 6.21. The van der Waals surface area contributed by atoms with Crippen LogP contribution < -0.4 is 10.1 Å². The molecule has 1 aliphatic carbocycles. The number of aromatic hydroxyl groups is 1. The Morgan fingerprint density at radius 2 is 1.69 bits per heavy atom. The van der Waals surface area contributed by atoms with Crippen LogP contribution in [-0.4, -0.2) is 46.5 Å². The van der Waals surface area contributed by atoms with Crippen LogP contribution in [0.3, 0.4) is 0 Å². The highest BCUT2D eigenvalue weighted by Crippen LogP contribution is 2.55. The summed E-state index contributed by atoms with van der Waals surface area (Å²) in [7, 11) is 1.51. The van der Waals surface area contributed by atoms with E-state index in [0.717, 1.165) is 5.56 Å². The van der Waals surface area contributed by atoms with Gasteiger partial charge in [-0.05, 0) is 31.2 Å². The minimum absolute atomic E-state index is 0.106. The minimum atomic E-state index is -1.91. The first-order valence-corrected chi connectivity index (χ1v) is 11.5. The van der Waals surface area contributed by atoms with Gasteiger partial charge in [0.25, 0.3) is 5.91 Å². The van der Waals surface area contributed by atoms with Crippen LogP contribution in [0, 0.1) is 0 Å². The van der Waals surface area contributed by atoms with Gasteiger partial charge in [0, 0.05) is 46.0 Å². The zero-order chi connectivity index (χ0) is 24.5. The number of nitrogens with one attached hydrogen (secondary N) is 1. The summed E-state index contributed by atoms with van der Waals surface area (Å²) in [5, 5.41) is 27.1. The van der Waals surface area contributed by atoms with E-state index in [1.165, 1.54) is 18.1 Å². The van der Waals surface area contributed by atoms with Crippen LogP contribution in [-0.2, 0) is 5.72 Å². The number of carbonyl (C=O) groups excluding carboxylic acids is 2. The maximum absolute atomic E-state index is 14.0. The van der Waals surface area contributed by atoms with E-state index in [2.05, 4.69) is 5.32 Å². The van der Waals surface area contributed by atoms with Crippen molar-refractivity contribution in [1.29, 1.82) is 0 Å². The molecule has 7 nitrogen and oxygen atoms in total. The van der Waals surface area contributed by atoms with Gasteiger partial charge in [-0.15, -0.1) is 0 Å². The van der Waals surface area contributed by atoms with Crippen LogP contribution in [0.5, 0.6) is 11.5 Å². The molecule has 0 unspecified atom stereocenters. The van der Waals surface area contributed by atoms with E-state index in [1.54, 1.807) is 48.5 Å². The number of fused-ring (bicyclic) bond motifs is 5. The third-order valence-electron chi connectivity index (χ3n) is 7.25. The summed E-state index contributed by atoms with van der Waals surface area (Å²) in [5.74, 6) is -1.31. The van der Waals surface area contributed by atoms with Crippen LogP contribution in [0.25, 0.3) is 5.70 Å². The van der Waals surface area contributed by atoms with Crippen molar-refractivity contribution in [3.63, 3.8) is 0 Å². The van der Waals surface area contributed by atoms with E-state index in [9.17, 15) is 19.8 Å². The van der Waals surface area contributed by atoms with Crippen molar-refractivity contribution in [3.8, 4) is 11.5 Å². The molecular formula is C28H24N2O5. The number of amides is 1. The van der Waals surface area contributed by atoms with E-state index in [1.807, 2.05) is 19.1 Å². The summed E-state index contributed by atoms with van der Waals surface area (Å²) in [5.41, 5.74) is 1.33. The van der Waals surface area contributed by atoms with Crippen LogP contribution in [0.1, 0.15) is 50.2 Å². The monoisotopic (exact) mass is 468 g/mol. The summed E-state index contributed by atoms with van der Waals surface area (Å²) >= 11 is 0. The number of benzene rings is 3. The van der Waals surface area contributed by atoms with Crippen molar-refractivity contribution in [2.75, 3.05) is 13.7 Å². The average molecular weight is 469 g/mol. The summed E-state index contributed by atoms with van der Waals surface area (Å²) in [6, 6.07) is 18.6. The maximum Gasteiger partial charge on any atom is 0.256 e. The average Bonchev–Trinajstić information content (AvgIpc) is 3.24. The number of nitrogens with zero attached hydrogens (tertiary/aromatic N) is 1. The van der Waals surface area contributed by atoms with E-state index in [0.29, 0.717) is 39.3 Å². The molecule has 3 atom stereocenters. The SMILES string of the molecule is COc1ccc(O)c([C@@H]2C3=C(N[C@@H](C)CN4C(=O)c5ccccc5[C@@]24O)c2ccccc2C3=O)c1. The molecule has 0 radical (unpaired) electrons. The van der Waals surface area contributed by atoms with Crippen LogP contribution >= 0.6 is 0 Å². The number of methoxy groups -OCH3 is 1. The molecule has 6 rings (SSSR count). The molecule has 35 heavy (non-hydrogen) atoms. The molecule has 176 valence electrons. The quantitative estimate of drug-likeness (QED) is 0.533. The molecule has 1 amide bonds. The molecule has 0 fully saturated rings. The van der Waals surface area contributed by atoms with E-state index in [4.69, 9.17) is 4.74 Å². The number of rotatable bonds is 2. The van der Waals surface area contributed by atoms with Crippen LogP contribution in [0.4, 0.5) is 0 Å². The molecular weight excluding hydrogens is 444 g/mol. The number of hydrogen-bond donors (Lipinski definition) is 3. The number of ketones is 1. The Morgan fingerprint density at radius 3 is 2.43 bits per heavy atom. The molecule has 7 heteroatoms. The first-order chi connectivity index (χ1) is 16.9. The second-order valence-corrected chi connectivity index (χ2v) is 9.25. The highest BCUT2D eigenvalue weighted by Gasteiger charge is 2.58. The summed E-state index contributed by atoms with van der Waals surface area (Å²) in [6.45, 7) is 2.11. The molecule has 3 N–H and O–H groups in total. The second kappa shape index (κ2) is 7.45. The van der Waals surface area contributed by atoms with E-state index >= 15 is 0 Å². The number of aliphatic hydroxyl groups is 1. The standard InChI is InChI=1S/C28H24N2O5/c1-15-14-30-27(33)19-9-5-6-10-21(19)28(30,34)24(20-13-16(35-2)11-12-22(20)31)23-25(29-15)17-7-3-4-8-18(17)26(23)32/h3-13,15,24,29,31,34H,14H2,1-2H3/t15-,24+,28+/m0/s1. The van der Waals surface area contributed by atoms with Gasteiger partial charge in [-0.25, -0.2) is 0 Å². The predicted octanol–water partition coefficient (Wildman–Crippen LogP) is 3.38. The van der Waals surface area contributed by atoms with Gasteiger partial charge in [-0.3, -0.25) is 9.59 Å². The number of phenolic OH excluding ortho intramolecular Hbond substituents is 1. The Labute approximate surface area is 202 Å². The lowest BCUT2D eigenvalue weighted by molar-refractivity contribution is -0.100. The summed E-state index contributed by atoms with van der Waals surface area (Å²) < 4.78 is 5.42. The molecule has 3 aromatic rings. The smallest absolute Gasteiger partial charge is 0.256 e. The van der Waals surface area contributed by atoms with Gasteiger partial charge in [0.15, 0.2) is 11.5 Å². The number of carbonyl (C=O) groups is 2. The molecule has 3 aromatic carbocycles. The largest absolute Gasteiger partial charge is 0.508 e. The van der Waals surface area contributed by atoms with Gasteiger partial charge < -0.3 is 25.2 Å². The van der Waals surface area contributed by atoms with Gasteiger partial charge in [-0.2, -0.15) is 0 Å². The fourth-order valence-corrected chi connectivity index (χ4v) is 5.73. The molecule has 0 spiro atoms. The lowest BCUT2D eigenvalue weighted by atomic mass is 9.76. The van der Waals surface area contributed by atoms with Crippen molar-refractivity contribution < 1.29 is 24.5 Å². The Kier molecular flexibility index (Phi) is 4.56. The fourth-order valence-electron chi connectivity index (χ4n) is 5.73. The summed E-state index contributed by atoms with van der Waals surface area (Å²) in [4.78, 5) is 28.9. The van der Waals surface area contributed by atoms with Crippen molar-refractivity contribution in [3.05, 3.63) is 100 Å². The van der Waals surface area contributed by atoms with E-state index in [-0.39, 0.29) is 30.0 Å². The molecule has 0 saturated heterocycles. The number of Topliss-reactive ketones (excluding diaryl/α,β-unsaturated/α-hetero) is 1. The first kappa shape index (κ1) is 21.4. The zero-order valence-corrected chi connectivity index (χ0v) is 19.3. The summed E-state index contributed by atoms with van der Waals surface area (Å²) in [6.07, 6.45) is 0. The maximum atomic E-state index is 14.0. The molecule has 3 aliphatic rings.